The third kappa shape index (κ3) is 7.99. The molecule has 0 atom stereocenters. The molecule has 0 radical (unpaired) electrons. The van der Waals surface area contributed by atoms with Crippen LogP contribution in [0, 0.1) is 28.5 Å². The maximum absolute atomic E-state index is 14.2. The molecular weight excluding hydrogens is 511 g/mol. The lowest BCUT2D eigenvalue weighted by molar-refractivity contribution is 0.251. The third-order valence-electron chi connectivity index (χ3n) is 7.32. The van der Waals surface area contributed by atoms with Crippen LogP contribution < -0.4 is 4.90 Å². The van der Waals surface area contributed by atoms with Crippen LogP contribution in [0.1, 0.15) is 40.1 Å². The molecule has 0 saturated heterocycles. The normalized spacial score (nSPS) is 15.1. The molecule has 1 aliphatic rings. The minimum atomic E-state index is -0.241. The van der Waals surface area contributed by atoms with Crippen LogP contribution in [0.15, 0.2) is 91.0 Å². The van der Waals surface area contributed by atoms with Gasteiger partial charge < -0.3 is 4.90 Å². The Balaban J connectivity index is 1.43. The molecule has 206 valence electrons. The van der Waals surface area contributed by atoms with E-state index in [9.17, 15) is 14.9 Å². The van der Waals surface area contributed by atoms with E-state index in [1.165, 1.54) is 6.07 Å². The summed E-state index contributed by atoms with van der Waals surface area (Å²) in [6.45, 7) is 5.83. The molecule has 41 heavy (non-hydrogen) atoms. The Kier molecular flexibility index (Phi) is 9.34. The molecule has 2 bridgehead atoms. The molecule has 4 aromatic rings. The number of nitriles is 2. The topological polar surface area (TPSA) is 70.2 Å². The van der Waals surface area contributed by atoms with Crippen molar-refractivity contribution in [3.05, 3.63) is 130 Å². The molecule has 0 spiro atoms. The van der Waals surface area contributed by atoms with Crippen LogP contribution in [0.2, 0.25) is 0 Å². The lowest BCUT2D eigenvalue weighted by atomic mass is 10.1. The summed E-state index contributed by atoms with van der Waals surface area (Å²) < 4.78 is 14.2. The lowest BCUT2D eigenvalue weighted by Gasteiger charge is -2.30. The third-order valence-corrected chi connectivity index (χ3v) is 7.32. The molecule has 0 amide bonds. The first-order valence-electron chi connectivity index (χ1n) is 14.0. The second-order valence-electron chi connectivity index (χ2n) is 10.5. The first-order valence-corrected chi connectivity index (χ1v) is 14.0. The van der Waals surface area contributed by atoms with E-state index >= 15 is 0 Å². The van der Waals surface area contributed by atoms with Gasteiger partial charge in [0.15, 0.2) is 0 Å². The van der Waals surface area contributed by atoms with Gasteiger partial charge in [0, 0.05) is 58.0 Å². The zero-order valence-electron chi connectivity index (χ0n) is 23.1. The van der Waals surface area contributed by atoms with E-state index in [4.69, 9.17) is 4.98 Å². The Morgan fingerprint density at radius 1 is 0.659 bits per heavy atom. The summed E-state index contributed by atoms with van der Waals surface area (Å²) in [6, 6.07) is 33.0. The molecule has 0 unspecified atom stereocenters. The number of nitrogens with zero attached hydrogens (tertiary/aromatic N) is 6. The molecule has 0 fully saturated rings. The fourth-order valence-electron chi connectivity index (χ4n) is 5.38. The van der Waals surface area contributed by atoms with E-state index in [1.54, 1.807) is 12.1 Å². The summed E-state index contributed by atoms with van der Waals surface area (Å²) in [5.41, 5.74) is 6.35. The van der Waals surface area contributed by atoms with Crippen molar-refractivity contribution in [1.82, 2.24) is 14.8 Å². The maximum atomic E-state index is 14.2. The molecule has 0 aliphatic carbocycles. The van der Waals surface area contributed by atoms with Gasteiger partial charge in [-0.3, -0.25) is 14.8 Å². The SMILES string of the molecule is N#Cc1cccc(CN2CCCN(c3cccc(F)c3)CCN(Cc3cccc(C#N)c3)Cc3cccc(n3)C2)c1. The second kappa shape index (κ2) is 13.7. The van der Waals surface area contributed by atoms with Crippen molar-refractivity contribution < 1.29 is 4.39 Å². The summed E-state index contributed by atoms with van der Waals surface area (Å²) >= 11 is 0. The molecule has 0 saturated carbocycles. The first-order chi connectivity index (χ1) is 20.1. The van der Waals surface area contributed by atoms with Gasteiger partial charge in [0.05, 0.1) is 34.7 Å². The average Bonchev–Trinajstić information content (AvgIpc) is 2.99. The van der Waals surface area contributed by atoms with Crippen LogP contribution in [0.5, 0.6) is 0 Å². The number of fused-ring (bicyclic) bond motifs is 2. The van der Waals surface area contributed by atoms with Gasteiger partial charge in [-0.05, 0) is 72.1 Å². The Hall–Kier alpha value is -4.56. The summed E-state index contributed by atoms with van der Waals surface area (Å²) in [7, 11) is 0. The van der Waals surface area contributed by atoms with Crippen molar-refractivity contribution in [2.24, 2.45) is 0 Å². The Bertz CT molecular complexity index is 1560. The number of anilines is 1. The van der Waals surface area contributed by atoms with E-state index in [1.807, 2.05) is 42.5 Å². The van der Waals surface area contributed by atoms with Crippen LogP contribution in [0.4, 0.5) is 10.1 Å². The number of benzene rings is 3. The van der Waals surface area contributed by atoms with Gasteiger partial charge >= 0.3 is 0 Å². The number of pyridine rings is 1. The quantitative estimate of drug-likeness (QED) is 0.313. The van der Waals surface area contributed by atoms with Crippen LogP contribution in [-0.4, -0.2) is 41.0 Å². The molecule has 0 N–H and O–H groups in total. The van der Waals surface area contributed by atoms with Crippen LogP contribution in [-0.2, 0) is 26.2 Å². The minimum Gasteiger partial charge on any atom is -0.370 e. The smallest absolute Gasteiger partial charge is 0.125 e. The minimum absolute atomic E-state index is 0.241. The highest BCUT2D eigenvalue weighted by Crippen LogP contribution is 2.19. The summed E-state index contributed by atoms with van der Waals surface area (Å²) in [5.74, 6) is -0.241. The fourth-order valence-corrected chi connectivity index (χ4v) is 5.38. The molecule has 2 heterocycles. The standard InChI is InChI=1S/C34H33FN6/c35-31-10-3-13-34(20-31)41-15-5-14-39(23-29-8-1-6-27(18-29)21-36)25-32-11-4-12-33(38-32)26-40(16-17-41)24-30-9-2-7-28(19-30)22-37/h1-4,6-13,18-20H,5,14-17,23-26H2. The maximum Gasteiger partial charge on any atom is 0.125 e. The largest absolute Gasteiger partial charge is 0.370 e. The highest BCUT2D eigenvalue weighted by atomic mass is 19.1. The van der Waals surface area contributed by atoms with Crippen molar-refractivity contribution in [2.75, 3.05) is 31.1 Å². The fraction of sp³-hybridized carbons (Fsp3) is 0.265. The first kappa shape index (κ1) is 28.0. The summed E-state index contributed by atoms with van der Waals surface area (Å²) in [4.78, 5) is 12.0. The van der Waals surface area contributed by atoms with Crippen molar-refractivity contribution in [3.8, 4) is 12.1 Å². The van der Waals surface area contributed by atoms with Gasteiger partial charge in [0.25, 0.3) is 0 Å². The molecule has 3 aromatic carbocycles. The van der Waals surface area contributed by atoms with Gasteiger partial charge in [-0.15, -0.1) is 0 Å². The van der Waals surface area contributed by atoms with E-state index in [2.05, 4.69) is 57.2 Å². The second-order valence-corrected chi connectivity index (χ2v) is 10.5. The summed E-state index contributed by atoms with van der Waals surface area (Å²) in [6.07, 6.45) is 0.887. The molecule has 1 aliphatic heterocycles. The van der Waals surface area contributed by atoms with Crippen LogP contribution >= 0.6 is 0 Å². The number of halogens is 1. The molecule has 7 heteroatoms. The van der Waals surface area contributed by atoms with Gasteiger partial charge in [0.1, 0.15) is 5.82 Å². The Labute approximate surface area is 241 Å². The van der Waals surface area contributed by atoms with E-state index in [0.717, 1.165) is 60.8 Å². The molecule has 6 nitrogen and oxygen atoms in total. The number of aromatic nitrogens is 1. The van der Waals surface area contributed by atoms with Gasteiger partial charge in [-0.2, -0.15) is 10.5 Å². The number of rotatable bonds is 5. The Morgan fingerprint density at radius 2 is 1.24 bits per heavy atom. The molecule has 5 rings (SSSR count). The predicted molar refractivity (Wildman–Crippen MR) is 158 cm³/mol. The van der Waals surface area contributed by atoms with Crippen molar-refractivity contribution >= 4 is 5.69 Å². The monoisotopic (exact) mass is 544 g/mol. The average molecular weight is 545 g/mol. The van der Waals surface area contributed by atoms with Crippen molar-refractivity contribution in [1.29, 1.82) is 10.5 Å². The van der Waals surface area contributed by atoms with Crippen LogP contribution in [0.25, 0.3) is 0 Å². The van der Waals surface area contributed by atoms with Gasteiger partial charge in [-0.25, -0.2) is 4.39 Å². The number of hydrogen-bond acceptors (Lipinski definition) is 6. The predicted octanol–water partition coefficient (Wildman–Crippen LogP) is 5.88. The Morgan fingerprint density at radius 3 is 1.85 bits per heavy atom. The zero-order valence-corrected chi connectivity index (χ0v) is 23.1. The molecular formula is C34H33FN6. The zero-order chi connectivity index (χ0) is 28.4. The number of hydrogen-bond donors (Lipinski definition) is 0. The van der Waals surface area contributed by atoms with Crippen molar-refractivity contribution in [2.45, 2.75) is 32.6 Å². The van der Waals surface area contributed by atoms with E-state index in [-0.39, 0.29) is 5.82 Å². The lowest BCUT2D eigenvalue weighted by Crippen LogP contribution is -2.36. The van der Waals surface area contributed by atoms with Gasteiger partial charge in [-0.1, -0.05) is 36.4 Å². The summed E-state index contributed by atoms with van der Waals surface area (Å²) in [5, 5.41) is 18.8. The van der Waals surface area contributed by atoms with Crippen molar-refractivity contribution in [3.63, 3.8) is 0 Å². The highest BCUT2D eigenvalue weighted by Gasteiger charge is 2.17. The highest BCUT2D eigenvalue weighted by molar-refractivity contribution is 5.46. The van der Waals surface area contributed by atoms with Crippen LogP contribution in [0.3, 0.4) is 0 Å². The van der Waals surface area contributed by atoms with Gasteiger partial charge in [0.2, 0.25) is 0 Å². The molecule has 1 aromatic heterocycles. The van der Waals surface area contributed by atoms with E-state index in [0.29, 0.717) is 37.3 Å². The van der Waals surface area contributed by atoms with E-state index < -0.39 is 0 Å².